The molecule has 0 heterocycles. The fraction of sp³-hybridized carbons (Fsp3) is 0. The Balaban J connectivity index is 1.99. The molecule has 0 fully saturated rings. The van der Waals surface area contributed by atoms with Crippen molar-refractivity contribution in [3.05, 3.63) is 89.4 Å². The van der Waals surface area contributed by atoms with Gasteiger partial charge in [-0.15, -0.1) is 0 Å². The van der Waals surface area contributed by atoms with Gasteiger partial charge in [0.15, 0.2) is 0 Å². The zero-order valence-electron chi connectivity index (χ0n) is 12.3. The molecule has 0 radical (unpaired) electrons. The van der Waals surface area contributed by atoms with Crippen molar-refractivity contribution in [1.29, 1.82) is 0 Å². The fourth-order valence-electron chi connectivity index (χ4n) is 2.17. The molecule has 0 aliphatic carbocycles. The first-order valence-electron chi connectivity index (χ1n) is 7.17. The maximum atomic E-state index is 9.92. The van der Waals surface area contributed by atoms with Crippen molar-refractivity contribution in [2.45, 2.75) is 0 Å². The molecule has 0 saturated carbocycles. The summed E-state index contributed by atoms with van der Waals surface area (Å²) >= 11 is 5.98. The third-order valence-corrected chi connectivity index (χ3v) is 3.54. The van der Waals surface area contributed by atoms with Crippen molar-refractivity contribution < 1.29 is 5.11 Å². The van der Waals surface area contributed by atoms with E-state index in [0.29, 0.717) is 10.6 Å². The van der Waals surface area contributed by atoms with Crippen LogP contribution >= 0.6 is 11.6 Å². The number of aromatic hydroxyl groups is 1. The molecule has 3 rings (SSSR count). The van der Waals surface area contributed by atoms with Crippen molar-refractivity contribution in [1.82, 2.24) is 0 Å². The number of phenolic OH excluding ortho intramolecular Hbond substituents is 1. The standard InChI is InChI=1S/C19H15ClN2O/c20-16-11-12-19(23)15(13-16)14-21-22(17-7-3-1-4-8-17)18-9-5-2-6-10-18/h1-14,23H/b21-14+. The number of para-hydroxylation sites is 2. The van der Waals surface area contributed by atoms with Crippen LogP contribution < -0.4 is 5.01 Å². The molecule has 3 aromatic carbocycles. The molecule has 3 aromatic rings. The lowest BCUT2D eigenvalue weighted by molar-refractivity contribution is 0.474. The number of hydrogen-bond acceptors (Lipinski definition) is 3. The fourth-order valence-corrected chi connectivity index (χ4v) is 2.35. The summed E-state index contributed by atoms with van der Waals surface area (Å²) < 4.78 is 0. The lowest BCUT2D eigenvalue weighted by Gasteiger charge is -2.19. The zero-order valence-corrected chi connectivity index (χ0v) is 13.1. The first-order chi connectivity index (χ1) is 11.2. The molecule has 1 N–H and O–H groups in total. The van der Waals surface area contributed by atoms with Crippen molar-refractivity contribution in [3.8, 4) is 5.75 Å². The third-order valence-electron chi connectivity index (χ3n) is 3.30. The molecule has 3 nitrogen and oxygen atoms in total. The van der Waals surface area contributed by atoms with Gasteiger partial charge in [-0.3, -0.25) is 0 Å². The Kier molecular flexibility index (Phi) is 4.60. The van der Waals surface area contributed by atoms with Gasteiger partial charge in [-0.05, 0) is 42.5 Å². The predicted octanol–water partition coefficient (Wildman–Crippen LogP) is 5.22. The second-order valence-electron chi connectivity index (χ2n) is 4.93. The normalized spacial score (nSPS) is 10.8. The second kappa shape index (κ2) is 6.99. The van der Waals surface area contributed by atoms with E-state index in [1.807, 2.05) is 60.7 Å². The summed E-state index contributed by atoms with van der Waals surface area (Å²) in [6.07, 6.45) is 1.60. The van der Waals surface area contributed by atoms with Gasteiger partial charge >= 0.3 is 0 Å². The number of anilines is 2. The summed E-state index contributed by atoms with van der Waals surface area (Å²) in [5.74, 6) is 0.138. The van der Waals surface area contributed by atoms with Gasteiger partial charge in [0.2, 0.25) is 0 Å². The maximum absolute atomic E-state index is 9.92. The zero-order chi connectivity index (χ0) is 16.1. The lowest BCUT2D eigenvalue weighted by atomic mass is 10.2. The number of phenols is 1. The summed E-state index contributed by atoms with van der Waals surface area (Å²) in [4.78, 5) is 0. The molecule has 0 spiro atoms. The summed E-state index contributed by atoms with van der Waals surface area (Å²) in [6.45, 7) is 0. The summed E-state index contributed by atoms with van der Waals surface area (Å²) in [5.41, 5.74) is 2.42. The SMILES string of the molecule is Oc1ccc(Cl)cc1/C=N/N(c1ccccc1)c1ccccc1. The van der Waals surface area contributed by atoms with E-state index >= 15 is 0 Å². The Morgan fingerprint density at radius 2 is 1.39 bits per heavy atom. The molecule has 0 bridgehead atoms. The minimum absolute atomic E-state index is 0.138. The van der Waals surface area contributed by atoms with Crippen molar-refractivity contribution >= 4 is 29.2 Å². The molecule has 0 unspecified atom stereocenters. The van der Waals surface area contributed by atoms with Crippen molar-refractivity contribution in [2.24, 2.45) is 5.10 Å². The number of benzene rings is 3. The van der Waals surface area contributed by atoms with E-state index in [1.54, 1.807) is 29.4 Å². The minimum Gasteiger partial charge on any atom is -0.507 e. The van der Waals surface area contributed by atoms with Crippen LogP contribution in [-0.4, -0.2) is 11.3 Å². The number of rotatable bonds is 4. The highest BCUT2D eigenvalue weighted by atomic mass is 35.5. The molecule has 0 saturated heterocycles. The van der Waals surface area contributed by atoms with Crippen LogP contribution in [0.3, 0.4) is 0 Å². The number of hydrogen-bond donors (Lipinski definition) is 1. The number of halogens is 1. The monoisotopic (exact) mass is 322 g/mol. The number of hydrazone groups is 1. The van der Waals surface area contributed by atoms with E-state index in [-0.39, 0.29) is 5.75 Å². The highest BCUT2D eigenvalue weighted by Gasteiger charge is 2.07. The van der Waals surface area contributed by atoms with Crippen molar-refractivity contribution in [3.63, 3.8) is 0 Å². The van der Waals surface area contributed by atoms with E-state index in [2.05, 4.69) is 5.10 Å². The average Bonchev–Trinajstić information content (AvgIpc) is 2.60. The molecule has 0 aliphatic heterocycles. The van der Waals surface area contributed by atoms with Gasteiger partial charge in [0.1, 0.15) is 5.75 Å². The molecule has 4 heteroatoms. The van der Waals surface area contributed by atoms with Gasteiger partial charge < -0.3 is 5.11 Å². The van der Waals surface area contributed by atoms with Crippen LogP contribution in [0.2, 0.25) is 5.02 Å². The van der Waals surface area contributed by atoms with Gasteiger partial charge in [-0.2, -0.15) is 5.10 Å². The Bertz CT molecular complexity index is 765. The molecular formula is C19H15ClN2O. The quantitative estimate of drug-likeness (QED) is 0.528. The molecule has 0 aliphatic rings. The average molecular weight is 323 g/mol. The Labute approximate surface area is 140 Å². The van der Waals surface area contributed by atoms with Gasteiger partial charge in [-0.1, -0.05) is 48.0 Å². The largest absolute Gasteiger partial charge is 0.507 e. The highest BCUT2D eigenvalue weighted by Crippen LogP contribution is 2.26. The Morgan fingerprint density at radius 1 is 0.826 bits per heavy atom. The Morgan fingerprint density at radius 3 is 1.96 bits per heavy atom. The summed E-state index contributed by atoms with van der Waals surface area (Å²) in [6, 6.07) is 24.5. The van der Waals surface area contributed by atoms with E-state index in [9.17, 15) is 5.11 Å². The smallest absolute Gasteiger partial charge is 0.124 e. The van der Waals surface area contributed by atoms with Crippen LogP contribution in [0.15, 0.2) is 84.0 Å². The minimum atomic E-state index is 0.138. The maximum Gasteiger partial charge on any atom is 0.124 e. The highest BCUT2D eigenvalue weighted by molar-refractivity contribution is 6.30. The second-order valence-corrected chi connectivity index (χ2v) is 5.37. The molecule has 23 heavy (non-hydrogen) atoms. The van der Waals surface area contributed by atoms with Crippen molar-refractivity contribution in [2.75, 3.05) is 5.01 Å². The van der Waals surface area contributed by atoms with Crippen LogP contribution in [0.1, 0.15) is 5.56 Å². The topological polar surface area (TPSA) is 35.8 Å². The van der Waals surface area contributed by atoms with Crippen LogP contribution in [0.25, 0.3) is 0 Å². The van der Waals surface area contributed by atoms with Crippen LogP contribution in [0.4, 0.5) is 11.4 Å². The van der Waals surface area contributed by atoms with E-state index in [4.69, 9.17) is 11.6 Å². The summed E-state index contributed by atoms with van der Waals surface area (Å²) in [5, 5.41) is 16.8. The van der Waals surface area contributed by atoms with Crippen LogP contribution in [0.5, 0.6) is 5.75 Å². The van der Waals surface area contributed by atoms with E-state index in [1.165, 1.54) is 0 Å². The van der Waals surface area contributed by atoms with Gasteiger partial charge in [0.05, 0.1) is 17.6 Å². The molecule has 114 valence electrons. The Hall–Kier alpha value is -2.78. The lowest BCUT2D eigenvalue weighted by Crippen LogP contribution is -2.09. The predicted molar refractivity (Wildman–Crippen MR) is 95.7 cm³/mol. The summed E-state index contributed by atoms with van der Waals surface area (Å²) in [7, 11) is 0. The molecular weight excluding hydrogens is 308 g/mol. The first kappa shape index (κ1) is 15.1. The van der Waals surface area contributed by atoms with Crippen LogP contribution in [-0.2, 0) is 0 Å². The molecule has 0 aromatic heterocycles. The van der Waals surface area contributed by atoms with E-state index < -0.39 is 0 Å². The first-order valence-corrected chi connectivity index (χ1v) is 7.54. The van der Waals surface area contributed by atoms with E-state index in [0.717, 1.165) is 11.4 Å². The molecule has 0 atom stereocenters. The van der Waals surface area contributed by atoms with Gasteiger partial charge in [0.25, 0.3) is 0 Å². The third kappa shape index (κ3) is 3.71. The van der Waals surface area contributed by atoms with Gasteiger partial charge in [0, 0.05) is 10.6 Å². The molecule has 0 amide bonds. The van der Waals surface area contributed by atoms with Crippen LogP contribution in [0, 0.1) is 0 Å². The van der Waals surface area contributed by atoms with Gasteiger partial charge in [-0.25, -0.2) is 5.01 Å². The number of nitrogens with zero attached hydrogens (tertiary/aromatic N) is 2.